The van der Waals surface area contributed by atoms with Gasteiger partial charge in [-0.25, -0.2) is 0 Å². The average Bonchev–Trinajstić information content (AvgIpc) is 3.21. The zero-order valence-corrected chi connectivity index (χ0v) is 14.9. The number of nitrogens with zero attached hydrogens (tertiary/aromatic N) is 1. The normalized spacial score (nSPS) is 15.6. The predicted octanol–water partition coefficient (Wildman–Crippen LogP) is 5.34. The van der Waals surface area contributed by atoms with E-state index in [1.807, 2.05) is 36.5 Å². The number of aryl methyl sites for hydroxylation is 1. The maximum atomic E-state index is 12.9. The van der Waals surface area contributed by atoms with Gasteiger partial charge in [0.05, 0.1) is 11.3 Å². The SMILES string of the molecule is Cc1cc(C(=O)Nc2cccc3[nH]ccc23)c(C)n1C1CCCCC1. The first kappa shape index (κ1) is 16.0. The van der Waals surface area contributed by atoms with Crippen molar-refractivity contribution in [2.75, 3.05) is 5.32 Å². The zero-order chi connectivity index (χ0) is 17.4. The van der Waals surface area contributed by atoms with E-state index >= 15 is 0 Å². The molecule has 3 aromatic rings. The van der Waals surface area contributed by atoms with Crippen molar-refractivity contribution in [3.63, 3.8) is 0 Å². The molecule has 4 nitrogen and oxygen atoms in total. The number of carbonyl (C=O) groups is 1. The fourth-order valence-corrected chi connectivity index (χ4v) is 4.29. The van der Waals surface area contributed by atoms with Crippen molar-refractivity contribution in [1.29, 1.82) is 0 Å². The van der Waals surface area contributed by atoms with Crippen LogP contribution in [-0.4, -0.2) is 15.5 Å². The van der Waals surface area contributed by atoms with Crippen molar-refractivity contribution >= 4 is 22.5 Å². The van der Waals surface area contributed by atoms with E-state index < -0.39 is 0 Å². The Morgan fingerprint density at radius 3 is 2.76 bits per heavy atom. The minimum absolute atomic E-state index is 0.0242. The number of nitrogens with one attached hydrogen (secondary N) is 2. The van der Waals surface area contributed by atoms with Crippen molar-refractivity contribution in [1.82, 2.24) is 9.55 Å². The van der Waals surface area contributed by atoms with Crippen molar-refractivity contribution in [3.8, 4) is 0 Å². The molecule has 1 saturated carbocycles. The number of carbonyl (C=O) groups excluding carboxylic acids is 1. The van der Waals surface area contributed by atoms with Crippen molar-refractivity contribution < 1.29 is 4.79 Å². The number of rotatable bonds is 3. The van der Waals surface area contributed by atoms with Crippen LogP contribution in [0.25, 0.3) is 10.9 Å². The summed E-state index contributed by atoms with van der Waals surface area (Å²) in [6.07, 6.45) is 8.26. The van der Waals surface area contributed by atoms with Gasteiger partial charge in [-0.2, -0.15) is 0 Å². The highest BCUT2D eigenvalue weighted by molar-refractivity contribution is 6.09. The second-order valence-corrected chi connectivity index (χ2v) is 7.15. The number of anilines is 1. The molecule has 0 unspecified atom stereocenters. The molecular weight excluding hydrogens is 310 g/mol. The smallest absolute Gasteiger partial charge is 0.257 e. The lowest BCUT2D eigenvalue weighted by Gasteiger charge is -2.26. The van der Waals surface area contributed by atoms with Gasteiger partial charge in [0.1, 0.15) is 0 Å². The van der Waals surface area contributed by atoms with Gasteiger partial charge in [0, 0.05) is 34.5 Å². The van der Waals surface area contributed by atoms with E-state index in [-0.39, 0.29) is 5.91 Å². The van der Waals surface area contributed by atoms with Gasteiger partial charge in [-0.1, -0.05) is 25.3 Å². The lowest BCUT2D eigenvalue weighted by molar-refractivity contribution is 0.102. The third-order valence-electron chi connectivity index (χ3n) is 5.51. The van der Waals surface area contributed by atoms with Crippen LogP contribution >= 0.6 is 0 Å². The minimum Gasteiger partial charge on any atom is -0.361 e. The lowest BCUT2D eigenvalue weighted by Crippen LogP contribution is -2.17. The molecule has 0 atom stereocenters. The minimum atomic E-state index is -0.0242. The molecule has 2 N–H and O–H groups in total. The Bertz CT molecular complexity index is 913. The standard InChI is InChI=1S/C21H25N3O/c1-14-13-18(15(2)24(14)16-7-4-3-5-8-16)21(25)23-20-10-6-9-19-17(20)11-12-22-19/h6,9-13,16,22H,3-5,7-8H2,1-2H3,(H,23,25). The number of benzene rings is 1. The molecule has 2 aromatic heterocycles. The van der Waals surface area contributed by atoms with Crippen LogP contribution in [0.1, 0.15) is 59.9 Å². The van der Waals surface area contributed by atoms with Gasteiger partial charge in [-0.05, 0) is 51.0 Å². The molecule has 4 rings (SSSR count). The monoisotopic (exact) mass is 335 g/mol. The van der Waals surface area contributed by atoms with Crippen LogP contribution in [0.3, 0.4) is 0 Å². The van der Waals surface area contributed by atoms with Crippen molar-refractivity contribution in [2.45, 2.75) is 52.0 Å². The summed E-state index contributed by atoms with van der Waals surface area (Å²) in [5, 5.41) is 4.14. The summed E-state index contributed by atoms with van der Waals surface area (Å²) < 4.78 is 2.38. The largest absolute Gasteiger partial charge is 0.361 e. The van der Waals surface area contributed by atoms with Crippen LogP contribution in [0, 0.1) is 13.8 Å². The summed E-state index contributed by atoms with van der Waals surface area (Å²) >= 11 is 0. The van der Waals surface area contributed by atoms with E-state index in [4.69, 9.17) is 0 Å². The van der Waals surface area contributed by atoms with Crippen LogP contribution in [0.5, 0.6) is 0 Å². The van der Waals surface area contributed by atoms with Crippen LogP contribution in [0.4, 0.5) is 5.69 Å². The molecule has 1 aromatic carbocycles. The molecule has 1 aliphatic carbocycles. The number of aromatic nitrogens is 2. The van der Waals surface area contributed by atoms with Crippen LogP contribution < -0.4 is 5.32 Å². The fraction of sp³-hybridized carbons (Fsp3) is 0.381. The van der Waals surface area contributed by atoms with Gasteiger partial charge in [0.2, 0.25) is 0 Å². The Kier molecular flexibility index (Phi) is 4.12. The van der Waals surface area contributed by atoms with E-state index in [2.05, 4.69) is 28.7 Å². The molecule has 0 spiro atoms. The molecule has 4 heteroatoms. The molecule has 1 amide bonds. The second-order valence-electron chi connectivity index (χ2n) is 7.15. The number of amides is 1. The van der Waals surface area contributed by atoms with E-state index in [9.17, 15) is 4.79 Å². The number of aromatic amines is 1. The van der Waals surface area contributed by atoms with Gasteiger partial charge in [0.15, 0.2) is 0 Å². The molecule has 2 heterocycles. The number of fused-ring (bicyclic) bond motifs is 1. The highest BCUT2D eigenvalue weighted by atomic mass is 16.1. The van der Waals surface area contributed by atoms with Crippen LogP contribution in [-0.2, 0) is 0 Å². The summed E-state index contributed by atoms with van der Waals surface area (Å²) in [7, 11) is 0. The molecule has 0 radical (unpaired) electrons. The molecule has 0 aliphatic heterocycles. The highest BCUT2D eigenvalue weighted by Gasteiger charge is 2.22. The van der Waals surface area contributed by atoms with Crippen molar-refractivity contribution in [2.24, 2.45) is 0 Å². The maximum Gasteiger partial charge on any atom is 0.257 e. The van der Waals surface area contributed by atoms with Gasteiger partial charge in [-0.3, -0.25) is 4.79 Å². The van der Waals surface area contributed by atoms with Gasteiger partial charge >= 0.3 is 0 Å². The Hall–Kier alpha value is -2.49. The summed E-state index contributed by atoms with van der Waals surface area (Å²) in [6, 6.07) is 10.5. The Labute approximate surface area is 148 Å². The fourth-order valence-electron chi connectivity index (χ4n) is 4.29. The molecule has 0 saturated heterocycles. The second kappa shape index (κ2) is 6.43. The third-order valence-corrected chi connectivity index (χ3v) is 5.51. The lowest BCUT2D eigenvalue weighted by atomic mass is 9.95. The third kappa shape index (κ3) is 2.86. The Morgan fingerprint density at radius 1 is 1.16 bits per heavy atom. The zero-order valence-electron chi connectivity index (χ0n) is 14.9. The maximum absolute atomic E-state index is 12.9. The van der Waals surface area contributed by atoms with E-state index in [0.29, 0.717) is 6.04 Å². The number of hydrogen-bond donors (Lipinski definition) is 2. The molecule has 25 heavy (non-hydrogen) atoms. The predicted molar refractivity (Wildman–Crippen MR) is 102 cm³/mol. The first-order valence-electron chi connectivity index (χ1n) is 9.21. The topological polar surface area (TPSA) is 49.8 Å². The first-order valence-corrected chi connectivity index (χ1v) is 9.21. The summed E-state index contributed by atoms with van der Waals surface area (Å²) in [5.41, 5.74) is 4.95. The van der Waals surface area contributed by atoms with E-state index in [1.165, 1.54) is 37.8 Å². The van der Waals surface area contributed by atoms with Gasteiger partial charge in [-0.15, -0.1) is 0 Å². The Morgan fingerprint density at radius 2 is 1.96 bits per heavy atom. The highest BCUT2D eigenvalue weighted by Crippen LogP contribution is 2.32. The summed E-state index contributed by atoms with van der Waals surface area (Å²) in [6.45, 7) is 4.19. The van der Waals surface area contributed by atoms with E-state index in [1.54, 1.807) is 0 Å². The average molecular weight is 335 g/mol. The first-order chi connectivity index (χ1) is 12.1. The van der Waals surface area contributed by atoms with Crippen LogP contribution in [0.2, 0.25) is 0 Å². The van der Waals surface area contributed by atoms with Gasteiger partial charge in [0.25, 0.3) is 5.91 Å². The molecule has 1 aliphatic rings. The molecule has 1 fully saturated rings. The number of hydrogen-bond acceptors (Lipinski definition) is 1. The Balaban J connectivity index is 1.63. The quantitative estimate of drug-likeness (QED) is 0.666. The van der Waals surface area contributed by atoms with Crippen LogP contribution in [0.15, 0.2) is 36.5 Å². The molecule has 0 bridgehead atoms. The molecule has 130 valence electrons. The number of H-pyrrole nitrogens is 1. The van der Waals surface area contributed by atoms with Crippen molar-refractivity contribution in [3.05, 3.63) is 53.5 Å². The van der Waals surface area contributed by atoms with E-state index in [0.717, 1.165) is 27.8 Å². The van der Waals surface area contributed by atoms with Gasteiger partial charge < -0.3 is 14.9 Å². The summed E-state index contributed by atoms with van der Waals surface area (Å²) in [4.78, 5) is 16.1. The molecular formula is C21H25N3O. The summed E-state index contributed by atoms with van der Waals surface area (Å²) in [5.74, 6) is -0.0242.